The van der Waals surface area contributed by atoms with E-state index in [1.54, 1.807) is 12.1 Å². The van der Waals surface area contributed by atoms with Crippen LogP contribution in [0.15, 0.2) is 66.7 Å². The van der Waals surface area contributed by atoms with Gasteiger partial charge in [0.1, 0.15) is 5.75 Å². The molecule has 2 atom stereocenters. The fourth-order valence-corrected chi connectivity index (χ4v) is 3.16. The third kappa shape index (κ3) is 5.32. The van der Waals surface area contributed by atoms with Crippen molar-refractivity contribution in [1.29, 1.82) is 0 Å². The van der Waals surface area contributed by atoms with Crippen molar-refractivity contribution in [3.8, 4) is 5.75 Å². The Morgan fingerprint density at radius 1 is 0.880 bits per heavy atom. The number of halogens is 1. The Morgan fingerprint density at radius 2 is 1.56 bits per heavy atom. The van der Waals surface area contributed by atoms with E-state index in [4.69, 9.17) is 0 Å². The van der Waals surface area contributed by atoms with Crippen LogP contribution in [0, 0.1) is 0 Å². The van der Waals surface area contributed by atoms with E-state index < -0.39 is 0 Å². The first-order chi connectivity index (χ1) is 11.6. The molecule has 2 N–H and O–H groups in total. The molecule has 25 heavy (non-hydrogen) atoms. The van der Waals surface area contributed by atoms with Gasteiger partial charge in [0, 0.05) is 12.1 Å². The first-order valence-corrected chi connectivity index (χ1v) is 8.64. The number of phenols is 1. The van der Waals surface area contributed by atoms with E-state index in [-0.39, 0.29) is 17.0 Å². The molecular formula is C22H26BrNO. The third-order valence-corrected chi connectivity index (χ3v) is 4.59. The van der Waals surface area contributed by atoms with E-state index >= 15 is 0 Å². The number of phenolic OH excluding ortho intramolecular Hbond substituents is 1. The SMILES string of the molecule is Br.CC(CCc1ccccc1)NC(C)c1ccc2cc(O)ccc2c1. The van der Waals surface area contributed by atoms with E-state index in [0.29, 0.717) is 17.8 Å². The van der Waals surface area contributed by atoms with E-state index in [9.17, 15) is 5.11 Å². The van der Waals surface area contributed by atoms with Gasteiger partial charge >= 0.3 is 0 Å². The number of benzene rings is 3. The van der Waals surface area contributed by atoms with Gasteiger partial charge < -0.3 is 10.4 Å². The lowest BCUT2D eigenvalue weighted by molar-refractivity contribution is 0.456. The van der Waals surface area contributed by atoms with Crippen molar-refractivity contribution in [3.63, 3.8) is 0 Å². The molecule has 3 rings (SSSR count). The highest BCUT2D eigenvalue weighted by Crippen LogP contribution is 2.24. The largest absolute Gasteiger partial charge is 0.508 e. The molecule has 0 aliphatic carbocycles. The molecule has 3 heteroatoms. The quantitative estimate of drug-likeness (QED) is 0.549. The number of rotatable bonds is 6. The smallest absolute Gasteiger partial charge is 0.116 e. The van der Waals surface area contributed by atoms with Gasteiger partial charge in [-0.1, -0.05) is 48.5 Å². The normalized spacial score (nSPS) is 13.2. The second-order valence-electron chi connectivity index (χ2n) is 6.60. The van der Waals surface area contributed by atoms with E-state index in [0.717, 1.165) is 23.6 Å². The van der Waals surface area contributed by atoms with Crippen molar-refractivity contribution in [2.24, 2.45) is 0 Å². The number of fused-ring (bicyclic) bond motifs is 1. The molecular weight excluding hydrogens is 374 g/mol. The van der Waals surface area contributed by atoms with Crippen molar-refractivity contribution in [2.45, 2.75) is 38.8 Å². The Balaban J connectivity index is 0.00000225. The molecule has 132 valence electrons. The van der Waals surface area contributed by atoms with Gasteiger partial charge in [0.15, 0.2) is 0 Å². The molecule has 3 aromatic rings. The highest BCUT2D eigenvalue weighted by molar-refractivity contribution is 8.93. The highest BCUT2D eigenvalue weighted by Gasteiger charge is 2.10. The van der Waals surface area contributed by atoms with Crippen LogP contribution in [0.2, 0.25) is 0 Å². The maximum atomic E-state index is 9.57. The zero-order chi connectivity index (χ0) is 16.9. The van der Waals surface area contributed by atoms with Gasteiger partial charge in [-0.2, -0.15) is 0 Å². The minimum atomic E-state index is 0. The van der Waals surface area contributed by atoms with Gasteiger partial charge in [-0.3, -0.25) is 0 Å². The van der Waals surface area contributed by atoms with Gasteiger partial charge in [0.25, 0.3) is 0 Å². The van der Waals surface area contributed by atoms with Gasteiger partial charge in [-0.15, -0.1) is 17.0 Å². The Morgan fingerprint density at radius 3 is 2.32 bits per heavy atom. The lowest BCUT2D eigenvalue weighted by atomic mass is 10.0. The summed E-state index contributed by atoms with van der Waals surface area (Å²) in [4.78, 5) is 0. The Hall–Kier alpha value is -1.84. The molecule has 0 saturated carbocycles. The second kappa shape index (κ2) is 9.02. The molecule has 3 aromatic carbocycles. The minimum Gasteiger partial charge on any atom is -0.508 e. The summed E-state index contributed by atoms with van der Waals surface area (Å²) >= 11 is 0. The molecule has 0 aromatic heterocycles. The predicted molar refractivity (Wildman–Crippen MR) is 112 cm³/mol. The Kier molecular flexibility index (Phi) is 7.03. The summed E-state index contributed by atoms with van der Waals surface area (Å²) in [6.45, 7) is 4.46. The van der Waals surface area contributed by atoms with Crippen LogP contribution in [0.1, 0.15) is 37.4 Å². The Labute approximate surface area is 160 Å². The van der Waals surface area contributed by atoms with Crippen LogP contribution in [0.3, 0.4) is 0 Å². The summed E-state index contributed by atoms with van der Waals surface area (Å²) in [5, 5.41) is 15.5. The average Bonchev–Trinajstić information content (AvgIpc) is 2.60. The lowest BCUT2D eigenvalue weighted by Crippen LogP contribution is -2.29. The summed E-state index contributed by atoms with van der Waals surface area (Å²) < 4.78 is 0. The zero-order valence-electron chi connectivity index (χ0n) is 14.8. The van der Waals surface area contributed by atoms with Crippen LogP contribution >= 0.6 is 17.0 Å². The van der Waals surface area contributed by atoms with Crippen LogP contribution in [-0.4, -0.2) is 11.1 Å². The van der Waals surface area contributed by atoms with Gasteiger partial charge in [-0.05, 0) is 66.8 Å². The predicted octanol–water partition coefficient (Wildman–Crippen LogP) is 5.80. The summed E-state index contributed by atoms with van der Waals surface area (Å²) in [6, 6.07) is 23.3. The Bertz CT molecular complexity index is 803. The second-order valence-corrected chi connectivity index (χ2v) is 6.60. The molecule has 0 aliphatic heterocycles. The molecule has 0 heterocycles. The fourth-order valence-electron chi connectivity index (χ4n) is 3.16. The van der Waals surface area contributed by atoms with Crippen LogP contribution in [-0.2, 0) is 6.42 Å². The van der Waals surface area contributed by atoms with Gasteiger partial charge in [0.05, 0.1) is 0 Å². The third-order valence-electron chi connectivity index (χ3n) is 4.59. The van der Waals surface area contributed by atoms with E-state index in [2.05, 4.69) is 67.7 Å². The van der Waals surface area contributed by atoms with Crippen LogP contribution in [0.4, 0.5) is 0 Å². The van der Waals surface area contributed by atoms with Gasteiger partial charge in [-0.25, -0.2) is 0 Å². The fraction of sp³-hybridized carbons (Fsp3) is 0.273. The highest BCUT2D eigenvalue weighted by atomic mass is 79.9. The van der Waals surface area contributed by atoms with E-state index in [1.165, 1.54) is 11.1 Å². The molecule has 0 radical (unpaired) electrons. The number of hydrogen-bond donors (Lipinski definition) is 2. The van der Waals surface area contributed by atoms with Crippen molar-refractivity contribution in [3.05, 3.63) is 77.9 Å². The lowest BCUT2D eigenvalue weighted by Gasteiger charge is -2.21. The molecule has 0 amide bonds. The maximum absolute atomic E-state index is 9.57. The molecule has 0 fully saturated rings. The summed E-state index contributed by atoms with van der Waals surface area (Å²) in [6.07, 6.45) is 2.22. The van der Waals surface area contributed by atoms with Crippen LogP contribution in [0.25, 0.3) is 10.8 Å². The zero-order valence-corrected chi connectivity index (χ0v) is 16.5. The molecule has 0 saturated heterocycles. The number of aryl methyl sites for hydroxylation is 1. The molecule has 2 nitrogen and oxygen atoms in total. The summed E-state index contributed by atoms with van der Waals surface area (Å²) in [5.74, 6) is 0.316. The standard InChI is InChI=1S/C22H25NO.BrH/c1-16(8-9-18-6-4-3-5-7-18)23-17(2)19-10-11-21-15-22(24)13-12-20(21)14-19;/h3-7,10-17,23-24H,8-9H2,1-2H3;1H. The molecule has 0 bridgehead atoms. The first-order valence-electron chi connectivity index (χ1n) is 8.64. The monoisotopic (exact) mass is 399 g/mol. The number of aromatic hydroxyl groups is 1. The molecule has 0 aliphatic rings. The van der Waals surface area contributed by atoms with Crippen LogP contribution < -0.4 is 5.32 Å². The van der Waals surface area contributed by atoms with Crippen molar-refractivity contribution < 1.29 is 5.11 Å². The van der Waals surface area contributed by atoms with Crippen molar-refractivity contribution in [2.75, 3.05) is 0 Å². The minimum absolute atomic E-state index is 0. The summed E-state index contributed by atoms with van der Waals surface area (Å²) in [5.41, 5.74) is 2.67. The van der Waals surface area contributed by atoms with Gasteiger partial charge in [0.2, 0.25) is 0 Å². The number of nitrogens with one attached hydrogen (secondary N) is 1. The maximum Gasteiger partial charge on any atom is 0.116 e. The average molecular weight is 400 g/mol. The summed E-state index contributed by atoms with van der Waals surface area (Å²) in [7, 11) is 0. The molecule has 2 unspecified atom stereocenters. The topological polar surface area (TPSA) is 32.3 Å². The van der Waals surface area contributed by atoms with Crippen LogP contribution in [0.5, 0.6) is 5.75 Å². The van der Waals surface area contributed by atoms with Crippen molar-refractivity contribution in [1.82, 2.24) is 5.32 Å². The molecule has 0 spiro atoms. The first kappa shape index (κ1) is 19.5. The van der Waals surface area contributed by atoms with Crippen molar-refractivity contribution >= 4 is 27.8 Å². The van der Waals surface area contributed by atoms with E-state index in [1.807, 2.05) is 6.07 Å². The number of hydrogen-bond acceptors (Lipinski definition) is 2.